The number of halogens is 1. The Bertz CT molecular complexity index is 766. The SMILES string of the molecule is CN(C(=O)C1(C(=O)NC2=CCC(F)C=C2)CC1)c1ccc(N=O)cc1. The zero-order valence-electron chi connectivity index (χ0n) is 13.7. The number of amides is 2. The number of carbonyl (C=O) groups is 2. The second kappa shape index (κ2) is 6.58. The molecular formula is C18H18FN3O3. The first-order valence-electron chi connectivity index (χ1n) is 8.02. The molecule has 0 aromatic heterocycles. The lowest BCUT2D eigenvalue weighted by molar-refractivity contribution is -0.135. The number of nitrogens with zero attached hydrogens (tertiary/aromatic N) is 2. The smallest absolute Gasteiger partial charge is 0.242 e. The van der Waals surface area contributed by atoms with Gasteiger partial charge in [0, 0.05) is 24.9 Å². The molecule has 2 aliphatic rings. The largest absolute Gasteiger partial charge is 0.325 e. The Labute approximate surface area is 144 Å². The van der Waals surface area contributed by atoms with E-state index >= 15 is 0 Å². The van der Waals surface area contributed by atoms with E-state index in [2.05, 4.69) is 10.5 Å². The van der Waals surface area contributed by atoms with E-state index in [9.17, 15) is 18.9 Å². The Balaban J connectivity index is 1.70. The third-order valence-electron chi connectivity index (χ3n) is 4.55. The van der Waals surface area contributed by atoms with Crippen molar-refractivity contribution in [3.05, 3.63) is 53.1 Å². The summed E-state index contributed by atoms with van der Waals surface area (Å²) >= 11 is 0. The van der Waals surface area contributed by atoms with E-state index in [1.807, 2.05) is 0 Å². The van der Waals surface area contributed by atoms with E-state index in [-0.39, 0.29) is 23.9 Å². The molecule has 0 bridgehead atoms. The van der Waals surface area contributed by atoms with Crippen molar-refractivity contribution in [2.75, 3.05) is 11.9 Å². The number of anilines is 1. The van der Waals surface area contributed by atoms with Crippen molar-refractivity contribution in [2.45, 2.75) is 25.4 Å². The molecular weight excluding hydrogens is 325 g/mol. The van der Waals surface area contributed by atoms with Gasteiger partial charge in [0.2, 0.25) is 11.8 Å². The third kappa shape index (κ3) is 3.35. The van der Waals surface area contributed by atoms with Crippen LogP contribution >= 0.6 is 0 Å². The number of alkyl halides is 1. The van der Waals surface area contributed by atoms with Gasteiger partial charge in [0.05, 0.1) is 0 Å². The molecule has 0 aliphatic heterocycles. The molecule has 1 aromatic rings. The lowest BCUT2D eigenvalue weighted by atomic mass is 10.0. The summed E-state index contributed by atoms with van der Waals surface area (Å²) in [5.41, 5.74) is 0.277. The van der Waals surface area contributed by atoms with Crippen LogP contribution in [0.1, 0.15) is 19.3 Å². The van der Waals surface area contributed by atoms with E-state index in [4.69, 9.17) is 0 Å². The molecule has 0 saturated heterocycles. The monoisotopic (exact) mass is 343 g/mol. The minimum absolute atomic E-state index is 0.212. The van der Waals surface area contributed by atoms with Crippen LogP contribution in [-0.4, -0.2) is 25.0 Å². The van der Waals surface area contributed by atoms with Crippen molar-refractivity contribution in [1.29, 1.82) is 0 Å². The number of hydrogen-bond donors (Lipinski definition) is 1. The summed E-state index contributed by atoms with van der Waals surface area (Å²) in [6.45, 7) is 0. The van der Waals surface area contributed by atoms with Gasteiger partial charge in [0.15, 0.2) is 0 Å². The molecule has 1 N–H and O–H groups in total. The van der Waals surface area contributed by atoms with Crippen LogP contribution in [0.2, 0.25) is 0 Å². The maximum atomic E-state index is 13.1. The molecule has 1 aromatic carbocycles. The predicted molar refractivity (Wildman–Crippen MR) is 91.9 cm³/mol. The number of hydrogen-bond acceptors (Lipinski definition) is 4. The Morgan fingerprint density at radius 2 is 1.96 bits per heavy atom. The van der Waals surface area contributed by atoms with Crippen LogP contribution in [0, 0.1) is 10.3 Å². The van der Waals surface area contributed by atoms with Crippen LogP contribution in [0.25, 0.3) is 0 Å². The lowest BCUT2D eigenvalue weighted by Crippen LogP contribution is -2.43. The highest BCUT2D eigenvalue weighted by Crippen LogP contribution is 2.48. The van der Waals surface area contributed by atoms with Gasteiger partial charge in [-0.3, -0.25) is 9.59 Å². The van der Waals surface area contributed by atoms with Gasteiger partial charge in [-0.05, 0) is 54.4 Å². The number of allylic oxidation sites excluding steroid dienone is 3. The minimum Gasteiger partial charge on any atom is -0.325 e. The van der Waals surface area contributed by atoms with E-state index in [0.717, 1.165) is 0 Å². The maximum absolute atomic E-state index is 13.1. The number of nitrogens with one attached hydrogen (secondary N) is 1. The summed E-state index contributed by atoms with van der Waals surface area (Å²) in [5.74, 6) is -0.677. The zero-order valence-corrected chi connectivity index (χ0v) is 13.7. The molecule has 3 rings (SSSR count). The second-order valence-electron chi connectivity index (χ2n) is 6.28. The van der Waals surface area contributed by atoms with Crippen molar-refractivity contribution in [2.24, 2.45) is 10.6 Å². The van der Waals surface area contributed by atoms with Gasteiger partial charge >= 0.3 is 0 Å². The van der Waals surface area contributed by atoms with Gasteiger partial charge in [-0.15, -0.1) is 4.91 Å². The van der Waals surface area contributed by atoms with Gasteiger partial charge in [-0.2, -0.15) is 0 Å². The van der Waals surface area contributed by atoms with Gasteiger partial charge in [0.25, 0.3) is 0 Å². The molecule has 130 valence electrons. The first-order chi connectivity index (χ1) is 12.0. The Morgan fingerprint density at radius 1 is 1.28 bits per heavy atom. The van der Waals surface area contributed by atoms with Crippen molar-refractivity contribution >= 4 is 23.2 Å². The molecule has 1 fully saturated rings. The number of carbonyl (C=O) groups excluding carboxylic acids is 2. The van der Waals surface area contributed by atoms with Crippen LogP contribution in [0.5, 0.6) is 0 Å². The summed E-state index contributed by atoms with van der Waals surface area (Å²) < 4.78 is 13.1. The number of nitroso groups, excluding NO2 is 1. The molecule has 1 saturated carbocycles. The van der Waals surface area contributed by atoms with Crippen molar-refractivity contribution in [1.82, 2.24) is 5.32 Å². The highest BCUT2D eigenvalue weighted by molar-refractivity contribution is 6.14. The molecule has 7 heteroatoms. The Hall–Kier alpha value is -2.83. The summed E-state index contributed by atoms with van der Waals surface area (Å²) in [7, 11) is 1.59. The molecule has 2 amide bonds. The van der Waals surface area contributed by atoms with E-state index in [1.165, 1.54) is 29.2 Å². The van der Waals surface area contributed by atoms with Crippen LogP contribution < -0.4 is 10.2 Å². The first-order valence-corrected chi connectivity index (χ1v) is 8.02. The standard InChI is InChI=1S/C18H18FN3O3/c1-22(15-8-6-14(21-25)7-9-15)17(24)18(10-11-18)16(23)20-13-4-2-12(19)3-5-13/h2,4-9,12H,3,10-11H2,1H3,(H,20,23). The summed E-state index contributed by atoms with van der Waals surface area (Å²) in [5, 5.41) is 5.53. The predicted octanol–water partition coefficient (Wildman–Crippen LogP) is 3.13. The third-order valence-corrected chi connectivity index (χ3v) is 4.55. The van der Waals surface area contributed by atoms with Crippen LogP contribution in [0.15, 0.2) is 53.4 Å². The molecule has 2 aliphatic carbocycles. The van der Waals surface area contributed by atoms with Crippen LogP contribution in [-0.2, 0) is 9.59 Å². The summed E-state index contributed by atoms with van der Waals surface area (Å²) in [4.78, 5) is 37.2. The van der Waals surface area contributed by atoms with E-state index in [0.29, 0.717) is 24.2 Å². The van der Waals surface area contributed by atoms with Crippen molar-refractivity contribution in [3.8, 4) is 0 Å². The molecule has 6 nitrogen and oxygen atoms in total. The van der Waals surface area contributed by atoms with Crippen molar-refractivity contribution < 1.29 is 14.0 Å². The lowest BCUT2D eigenvalue weighted by Gasteiger charge is -2.23. The molecule has 1 atom stereocenters. The first kappa shape index (κ1) is 17.0. The Morgan fingerprint density at radius 3 is 2.48 bits per heavy atom. The zero-order chi connectivity index (χ0) is 18.0. The molecule has 25 heavy (non-hydrogen) atoms. The highest BCUT2D eigenvalue weighted by atomic mass is 19.1. The number of benzene rings is 1. The molecule has 0 heterocycles. The molecule has 0 radical (unpaired) electrons. The fraction of sp³-hybridized carbons (Fsp3) is 0.333. The minimum atomic E-state index is -1.09. The molecule has 0 spiro atoms. The normalized spacial score (nSPS) is 20.4. The van der Waals surface area contributed by atoms with Crippen LogP contribution in [0.3, 0.4) is 0 Å². The molecule has 1 unspecified atom stereocenters. The van der Waals surface area contributed by atoms with E-state index in [1.54, 1.807) is 25.3 Å². The maximum Gasteiger partial charge on any atom is 0.242 e. The Kier molecular flexibility index (Phi) is 4.48. The highest BCUT2D eigenvalue weighted by Gasteiger charge is 2.57. The second-order valence-corrected chi connectivity index (χ2v) is 6.28. The van der Waals surface area contributed by atoms with Gasteiger partial charge in [0.1, 0.15) is 17.3 Å². The van der Waals surface area contributed by atoms with Gasteiger partial charge < -0.3 is 10.2 Å². The quantitative estimate of drug-likeness (QED) is 0.659. The van der Waals surface area contributed by atoms with E-state index < -0.39 is 11.6 Å². The average Bonchev–Trinajstić information content (AvgIpc) is 3.44. The van der Waals surface area contributed by atoms with Gasteiger partial charge in [-0.1, -0.05) is 6.08 Å². The summed E-state index contributed by atoms with van der Waals surface area (Å²) in [6.07, 6.45) is 4.62. The topological polar surface area (TPSA) is 78.8 Å². The average molecular weight is 343 g/mol. The van der Waals surface area contributed by atoms with Gasteiger partial charge in [-0.25, -0.2) is 4.39 Å². The number of rotatable bonds is 5. The summed E-state index contributed by atoms with van der Waals surface area (Å²) in [6, 6.07) is 6.24. The fourth-order valence-electron chi connectivity index (χ4n) is 2.78. The van der Waals surface area contributed by atoms with Crippen molar-refractivity contribution in [3.63, 3.8) is 0 Å². The fourth-order valence-corrected chi connectivity index (χ4v) is 2.78. The van der Waals surface area contributed by atoms with Crippen LogP contribution in [0.4, 0.5) is 15.8 Å².